The molecule has 0 saturated carbocycles. The number of benzene rings is 1. The Morgan fingerprint density at radius 2 is 2.00 bits per heavy atom. The molecule has 2 bridgehead atoms. The Morgan fingerprint density at radius 1 is 1.33 bits per heavy atom. The summed E-state index contributed by atoms with van der Waals surface area (Å²) in [5, 5.41) is 12.2. The van der Waals surface area contributed by atoms with E-state index in [0.29, 0.717) is 5.69 Å². The highest BCUT2D eigenvalue weighted by Crippen LogP contribution is 2.47. The summed E-state index contributed by atoms with van der Waals surface area (Å²) >= 11 is 2.18. The highest BCUT2D eigenvalue weighted by molar-refractivity contribution is 14.1. The number of ether oxygens (including phenoxy) is 1. The van der Waals surface area contributed by atoms with Crippen LogP contribution in [0.2, 0.25) is 0 Å². The van der Waals surface area contributed by atoms with E-state index in [0.717, 1.165) is 3.57 Å². The normalized spacial score (nSPS) is 33.1. The first-order valence-electron chi connectivity index (χ1n) is 6.57. The summed E-state index contributed by atoms with van der Waals surface area (Å²) in [6, 6.07) is 7.34. The SMILES string of the molecule is C[C@@]12C=C[C@@H](O1)[C@@H](C(=O)O)[C@@H]2C(=O)Nc1ccc(I)cc1. The van der Waals surface area contributed by atoms with Gasteiger partial charge in [0.15, 0.2) is 0 Å². The summed E-state index contributed by atoms with van der Waals surface area (Å²) in [5.41, 5.74) is -0.194. The topological polar surface area (TPSA) is 75.6 Å². The Labute approximate surface area is 135 Å². The van der Waals surface area contributed by atoms with Crippen molar-refractivity contribution in [1.82, 2.24) is 0 Å². The van der Waals surface area contributed by atoms with E-state index in [-0.39, 0.29) is 5.91 Å². The van der Waals surface area contributed by atoms with Crippen LogP contribution in [0.4, 0.5) is 5.69 Å². The van der Waals surface area contributed by atoms with Crippen molar-refractivity contribution in [1.29, 1.82) is 0 Å². The van der Waals surface area contributed by atoms with Gasteiger partial charge in [0.25, 0.3) is 0 Å². The van der Waals surface area contributed by atoms with E-state index in [1.165, 1.54) is 0 Å². The van der Waals surface area contributed by atoms with E-state index in [1.54, 1.807) is 31.2 Å². The number of fused-ring (bicyclic) bond motifs is 2. The largest absolute Gasteiger partial charge is 0.481 e. The van der Waals surface area contributed by atoms with Crippen molar-refractivity contribution in [3.05, 3.63) is 40.0 Å². The molecule has 1 aromatic carbocycles. The zero-order valence-corrected chi connectivity index (χ0v) is 13.4. The fraction of sp³-hybridized carbons (Fsp3) is 0.333. The maximum absolute atomic E-state index is 12.5. The van der Waals surface area contributed by atoms with Crippen LogP contribution >= 0.6 is 22.6 Å². The lowest BCUT2D eigenvalue weighted by Crippen LogP contribution is -2.44. The molecule has 2 N–H and O–H groups in total. The van der Waals surface area contributed by atoms with Gasteiger partial charge in [-0.1, -0.05) is 12.2 Å². The van der Waals surface area contributed by atoms with Crippen LogP contribution in [0.3, 0.4) is 0 Å². The Hall–Kier alpha value is -1.41. The summed E-state index contributed by atoms with van der Waals surface area (Å²) in [4.78, 5) is 24.0. The minimum atomic E-state index is -1.00. The summed E-state index contributed by atoms with van der Waals surface area (Å²) in [6.07, 6.45) is 2.99. The van der Waals surface area contributed by atoms with Crippen molar-refractivity contribution < 1.29 is 19.4 Å². The van der Waals surface area contributed by atoms with Crippen molar-refractivity contribution in [2.45, 2.75) is 18.6 Å². The molecule has 1 aromatic rings. The van der Waals surface area contributed by atoms with Crippen LogP contribution in [-0.2, 0) is 14.3 Å². The maximum Gasteiger partial charge on any atom is 0.310 e. The molecule has 1 amide bonds. The van der Waals surface area contributed by atoms with E-state index in [9.17, 15) is 14.7 Å². The van der Waals surface area contributed by atoms with Crippen molar-refractivity contribution >= 4 is 40.2 Å². The number of nitrogens with one attached hydrogen (secondary N) is 1. The molecule has 2 aliphatic heterocycles. The predicted octanol–water partition coefficient (Wildman–Crippen LogP) is 2.27. The molecule has 0 radical (unpaired) electrons. The number of amides is 1. The van der Waals surface area contributed by atoms with Crippen LogP contribution < -0.4 is 5.32 Å². The monoisotopic (exact) mass is 399 g/mol. The first-order chi connectivity index (χ1) is 9.90. The van der Waals surface area contributed by atoms with Gasteiger partial charge in [-0.25, -0.2) is 0 Å². The molecule has 2 aliphatic rings. The number of hydrogen-bond acceptors (Lipinski definition) is 3. The van der Waals surface area contributed by atoms with Crippen LogP contribution in [0.1, 0.15) is 6.92 Å². The fourth-order valence-corrected chi connectivity index (χ4v) is 3.39. The Kier molecular flexibility index (Phi) is 3.53. The number of carboxylic acid groups (broad SMARTS) is 1. The number of anilines is 1. The van der Waals surface area contributed by atoms with E-state index in [1.807, 2.05) is 12.1 Å². The van der Waals surface area contributed by atoms with Gasteiger partial charge in [0, 0.05) is 9.26 Å². The lowest BCUT2D eigenvalue weighted by atomic mass is 9.75. The predicted molar refractivity (Wildman–Crippen MR) is 84.8 cm³/mol. The first-order valence-corrected chi connectivity index (χ1v) is 7.65. The molecule has 3 rings (SSSR count). The van der Waals surface area contributed by atoms with Crippen LogP contribution in [0.15, 0.2) is 36.4 Å². The van der Waals surface area contributed by atoms with Crippen LogP contribution in [0.5, 0.6) is 0 Å². The number of halogens is 1. The molecule has 0 aromatic heterocycles. The van der Waals surface area contributed by atoms with Crippen LogP contribution in [-0.4, -0.2) is 28.7 Å². The van der Waals surface area contributed by atoms with Gasteiger partial charge in [-0.3, -0.25) is 9.59 Å². The Morgan fingerprint density at radius 3 is 2.62 bits per heavy atom. The van der Waals surface area contributed by atoms with Gasteiger partial charge in [-0.05, 0) is 53.8 Å². The number of rotatable bonds is 3. The number of hydrogen-bond donors (Lipinski definition) is 2. The standard InChI is InChI=1S/C15H14INO4/c1-15-7-6-10(21-15)11(14(19)20)12(15)13(18)17-9-4-2-8(16)3-5-9/h2-7,10-12H,1H3,(H,17,18)(H,19,20)/t10-,11-,12-,15+/m1/s1. The van der Waals surface area contributed by atoms with Crippen molar-refractivity contribution in [3.63, 3.8) is 0 Å². The fourth-order valence-electron chi connectivity index (χ4n) is 3.03. The third-order valence-corrected chi connectivity index (χ3v) is 4.74. The number of carbonyl (C=O) groups excluding carboxylic acids is 1. The van der Waals surface area contributed by atoms with E-state index < -0.39 is 29.5 Å². The quantitative estimate of drug-likeness (QED) is 0.604. The highest BCUT2D eigenvalue weighted by Gasteiger charge is 2.59. The molecule has 0 unspecified atom stereocenters. The molecular weight excluding hydrogens is 385 g/mol. The lowest BCUT2D eigenvalue weighted by molar-refractivity contribution is -0.146. The van der Waals surface area contributed by atoms with Crippen molar-refractivity contribution in [2.24, 2.45) is 11.8 Å². The minimum Gasteiger partial charge on any atom is -0.481 e. The number of aliphatic carboxylic acids is 1. The van der Waals surface area contributed by atoms with Gasteiger partial charge in [0.1, 0.15) is 5.92 Å². The minimum absolute atomic E-state index is 0.321. The molecule has 21 heavy (non-hydrogen) atoms. The smallest absolute Gasteiger partial charge is 0.310 e. The zero-order valence-electron chi connectivity index (χ0n) is 11.2. The summed E-state index contributed by atoms with van der Waals surface area (Å²) < 4.78 is 6.73. The van der Waals surface area contributed by atoms with Crippen molar-refractivity contribution in [2.75, 3.05) is 5.32 Å². The van der Waals surface area contributed by atoms with E-state index >= 15 is 0 Å². The molecule has 0 spiro atoms. The lowest BCUT2D eigenvalue weighted by Gasteiger charge is -2.27. The molecule has 2 heterocycles. The Bertz CT molecular complexity index is 627. The zero-order chi connectivity index (χ0) is 15.2. The molecule has 6 heteroatoms. The van der Waals surface area contributed by atoms with Gasteiger partial charge in [0.05, 0.1) is 17.6 Å². The number of carboxylic acids is 1. The molecular formula is C15H14INO4. The highest BCUT2D eigenvalue weighted by atomic mass is 127. The average molecular weight is 399 g/mol. The van der Waals surface area contributed by atoms with E-state index in [2.05, 4.69) is 27.9 Å². The maximum atomic E-state index is 12.5. The second-order valence-corrected chi connectivity index (χ2v) is 6.71. The third-order valence-electron chi connectivity index (χ3n) is 4.02. The van der Waals surface area contributed by atoms with Crippen LogP contribution in [0, 0.1) is 15.4 Å². The van der Waals surface area contributed by atoms with Gasteiger partial charge in [-0.15, -0.1) is 0 Å². The summed E-state index contributed by atoms with van der Waals surface area (Å²) in [6.45, 7) is 1.75. The molecule has 110 valence electrons. The molecule has 0 aliphatic carbocycles. The summed E-state index contributed by atoms with van der Waals surface area (Å²) in [5.74, 6) is -2.90. The Balaban J connectivity index is 1.84. The van der Waals surface area contributed by atoms with Gasteiger partial charge >= 0.3 is 5.97 Å². The van der Waals surface area contributed by atoms with E-state index in [4.69, 9.17) is 4.74 Å². The third kappa shape index (κ3) is 2.46. The van der Waals surface area contributed by atoms with Gasteiger partial charge in [-0.2, -0.15) is 0 Å². The summed E-state index contributed by atoms with van der Waals surface area (Å²) in [7, 11) is 0. The molecule has 1 saturated heterocycles. The van der Waals surface area contributed by atoms with Crippen molar-refractivity contribution in [3.8, 4) is 0 Å². The second-order valence-electron chi connectivity index (χ2n) is 5.46. The number of carbonyl (C=O) groups is 2. The molecule has 5 nitrogen and oxygen atoms in total. The second kappa shape index (κ2) is 5.10. The van der Waals surface area contributed by atoms with Crippen LogP contribution in [0.25, 0.3) is 0 Å². The van der Waals surface area contributed by atoms with Gasteiger partial charge < -0.3 is 15.2 Å². The molecule has 1 fully saturated rings. The average Bonchev–Trinajstić information content (AvgIpc) is 2.94. The first kappa shape index (κ1) is 14.5. The van der Waals surface area contributed by atoms with Gasteiger partial charge in [0.2, 0.25) is 5.91 Å². The molecule has 4 atom stereocenters.